The van der Waals surface area contributed by atoms with E-state index in [1.54, 1.807) is 26.0 Å². The van der Waals surface area contributed by atoms with E-state index in [0.717, 1.165) is 17.1 Å². The number of methoxy groups -OCH3 is 1. The van der Waals surface area contributed by atoms with E-state index in [0.29, 0.717) is 43.2 Å². The molecule has 0 aliphatic carbocycles. The summed E-state index contributed by atoms with van der Waals surface area (Å²) in [5.41, 5.74) is 2.22. The zero-order valence-corrected chi connectivity index (χ0v) is 15.1. The quantitative estimate of drug-likeness (QED) is 0.809. The minimum Gasteiger partial charge on any atom is -0.497 e. The SMILES string of the molecule is COc1ccc2c(c1)CC(C(=O)N1Cc3nc(C)n(C)c(=O)c3C1)CO2. The molecule has 7 heteroatoms. The van der Waals surface area contributed by atoms with Crippen molar-refractivity contribution in [3.63, 3.8) is 0 Å². The lowest BCUT2D eigenvalue weighted by Gasteiger charge is -2.28. The first-order chi connectivity index (χ1) is 12.5. The molecule has 2 aliphatic rings. The summed E-state index contributed by atoms with van der Waals surface area (Å²) in [5, 5.41) is 0. The fourth-order valence-corrected chi connectivity index (χ4v) is 3.60. The van der Waals surface area contributed by atoms with Gasteiger partial charge in [0.15, 0.2) is 0 Å². The zero-order valence-electron chi connectivity index (χ0n) is 15.1. The molecule has 2 aliphatic heterocycles. The van der Waals surface area contributed by atoms with Gasteiger partial charge in [-0.05, 0) is 37.1 Å². The Morgan fingerprint density at radius 2 is 2.15 bits per heavy atom. The molecule has 0 saturated carbocycles. The number of carbonyl (C=O) groups is 1. The molecular formula is C19H21N3O4. The van der Waals surface area contributed by atoms with Crippen LogP contribution in [0, 0.1) is 12.8 Å². The number of aromatic nitrogens is 2. The second-order valence-electron chi connectivity index (χ2n) is 6.83. The van der Waals surface area contributed by atoms with E-state index in [1.807, 2.05) is 18.2 Å². The van der Waals surface area contributed by atoms with Gasteiger partial charge >= 0.3 is 0 Å². The number of carbonyl (C=O) groups excluding carboxylic acids is 1. The van der Waals surface area contributed by atoms with Crippen LogP contribution in [-0.2, 0) is 31.4 Å². The average molecular weight is 355 g/mol. The van der Waals surface area contributed by atoms with Crippen molar-refractivity contribution in [2.45, 2.75) is 26.4 Å². The van der Waals surface area contributed by atoms with Crippen molar-refractivity contribution in [3.8, 4) is 11.5 Å². The van der Waals surface area contributed by atoms with Crippen LogP contribution >= 0.6 is 0 Å². The molecule has 0 radical (unpaired) electrons. The largest absolute Gasteiger partial charge is 0.497 e. The second kappa shape index (κ2) is 6.16. The van der Waals surface area contributed by atoms with Gasteiger partial charge in [0, 0.05) is 7.05 Å². The smallest absolute Gasteiger partial charge is 0.258 e. The van der Waals surface area contributed by atoms with E-state index in [1.165, 1.54) is 4.57 Å². The summed E-state index contributed by atoms with van der Waals surface area (Å²) >= 11 is 0. The van der Waals surface area contributed by atoms with Crippen LogP contribution in [0.1, 0.15) is 22.6 Å². The van der Waals surface area contributed by atoms with E-state index in [2.05, 4.69) is 4.98 Å². The highest BCUT2D eigenvalue weighted by Crippen LogP contribution is 2.32. The molecule has 3 heterocycles. The van der Waals surface area contributed by atoms with Crippen molar-refractivity contribution in [1.29, 1.82) is 0 Å². The molecule has 0 N–H and O–H groups in total. The molecule has 0 spiro atoms. The van der Waals surface area contributed by atoms with Gasteiger partial charge in [0.05, 0.1) is 37.4 Å². The van der Waals surface area contributed by atoms with Gasteiger partial charge in [-0.25, -0.2) is 4.98 Å². The van der Waals surface area contributed by atoms with Crippen LogP contribution in [0.3, 0.4) is 0 Å². The molecule has 136 valence electrons. The van der Waals surface area contributed by atoms with E-state index in [4.69, 9.17) is 9.47 Å². The Kier molecular flexibility index (Phi) is 3.94. The molecule has 0 bridgehead atoms. The van der Waals surface area contributed by atoms with Gasteiger partial charge in [-0.1, -0.05) is 0 Å². The molecule has 1 unspecified atom stereocenters. The van der Waals surface area contributed by atoms with Gasteiger partial charge < -0.3 is 14.4 Å². The highest BCUT2D eigenvalue weighted by Gasteiger charge is 2.34. The number of aryl methyl sites for hydroxylation is 1. The van der Waals surface area contributed by atoms with Gasteiger partial charge in [-0.3, -0.25) is 14.2 Å². The normalized spacial score (nSPS) is 18.1. The summed E-state index contributed by atoms with van der Waals surface area (Å²) in [5.74, 6) is 1.93. The van der Waals surface area contributed by atoms with Crippen molar-refractivity contribution >= 4 is 5.91 Å². The fraction of sp³-hybridized carbons (Fsp3) is 0.421. The topological polar surface area (TPSA) is 73.7 Å². The first-order valence-electron chi connectivity index (χ1n) is 8.61. The van der Waals surface area contributed by atoms with Crippen molar-refractivity contribution in [1.82, 2.24) is 14.5 Å². The van der Waals surface area contributed by atoms with Crippen LogP contribution < -0.4 is 15.0 Å². The van der Waals surface area contributed by atoms with Gasteiger partial charge in [0.25, 0.3) is 5.56 Å². The lowest BCUT2D eigenvalue weighted by atomic mass is 9.95. The molecule has 1 aromatic carbocycles. The Morgan fingerprint density at radius 3 is 2.92 bits per heavy atom. The number of nitrogens with zero attached hydrogens (tertiary/aromatic N) is 3. The van der Waals surface area contributed by atoms with Gasteiger partial charge in [0.2, 0.25) is 5.91 Å². The number of amides is 1. The maximum Gasteiger partial charge on any atom is 0.258 e. The Hall–Kier alpha value is -2.83. The molecule has 26 heavy (non-hydrogen) atoms. The third-order valence-corrected chi connectivity index (χ3v) is 5.22. The number of hydrogen-bond acceptors (Lipinski definition) is 5. The number of hydrogen-bond donors (Lipinski definition) is 0. The summed E-state index contributed by atoms with van der Waals surface area (Å²) in [6.45, 7) is 2.84. The van der Waals surface area contributed by atoms with Crippen molar-refractivity contribution in [2.75, 3.05) is 13.7 Å². The maximum absolute atomic E-state index is 13.0. The Bertz CT molecular complexity index is 951. The van der Waals surface area contributed by atoms with Crippen LogP contribution in [0.4, 0.5) is 0 Å². The van der Waals surface area contributed by atoms with E-state index < -0.39 is 0 Å². The summed E-state index contributed by atoms with van der Waals surface area (Å²) in [6.07, 6.45) is 0.600. The molecule has 2 aromatic rings. The third kappa shape index (κ3) is 2.64. The number of fused-ring (bicyclic) bond motifs is 2. The van der Waals surface area contributed by atoms with Gasteiger partial charge in [-0.2, -0.15) is 0 Å². The third-order valence-electron chi connectivity index (χ3n) is 5.22. The highest BCUT2D eigenvalue weighted by atomic mass is 16.5. The summed E-state index contributed by atoms with van der Waals surface area (Å²) < 4.78 is 12.6. The maximum atomic E-state index is 13.0. The predicted octanol–water partition coefficient (Wildman–Crippen LogP) is 1.19. The molecule has 1 aromatic heterocycles. The first-order valence-corrected chi connectivity index (χ1v) is 8.61. The van der Waals surface area contributed by atoms with Crippen LogP contribution in [-0.4, -0.2) is 34.1 Å². The molecular weight excluding hydrogens is 334 g/mol. The van der Waals surface area contributed by atoms with Gasteiger partial charge in [-0.15, -0.1) is 0 Å². The summed E-state index contributed by atoms with van der Waals surface area (Å²) in [7, 11) is 3.32. The average Bonchev–Trinajstić information content (AvgIpc) is 3.08. The Morgan fingerprint density at radius 1 is 1.35 bits per heavy atom. The van der Waals surface area contributed by atoms with Crippen LogP contribution in [0.25, 0.3) is 0 Å². The van der Waals surface area contributed by atoms with Crippen LogP contribution in [0.5, 0.6) is 11.5 Å². The van der Waals surface area contributed by atoms with Crippen LogP contribution in [0.2, 0.25) is 0 Å². The molecule has 0 saturated heterocycles. The zero-order chi connectivity index (χ0) is 18.4. The number of ether oxygens (including phenoxy) is 2. The lowest BCUT2D eigenvalue weighted by molar-refractivity contribution is -0.137. The lowest BCUT2D eigenvalue weighted by Crippen LogP contribution is -2.38. The molecule has 1 atom stereocenters. The minimum atomic E-state index is -0.270. The van der Waals surface area contributed by atoms with Gasteiger partial charge in [0.1, 0.15) is 23.9 Å². The van der Waals surface area contributed by atoms with Crippen LogP contribution in [0.15, 0.2) is 23.0 Å². The van der Waals surface area contributed by atoms with E-state index in [-0.39, 0.29) is 17.4 Å². The Balaban J connectivity index is 1.54. The molecule has 7 nitrogen and oxygen atoms in total. The monoisotopic (exact) mass is 355 g/mol. The van der Waals surface area contributed by atoms with Crippen molar-refractivity contribution < 1.29 is 14.3 Å². The highest BCUT2D eigenvalue weighted by molar-refractivity contribution is 5.80. The predicted molar refractivity (Wildman–Crippen MR) is 94.2 cm³/mol. The van der Waals surface area contributed by atoms with Crippen molar-refractivity contribution in [2.24, 2.45) is 13.0 Å². The number of rotatable bonds is 2. The molecule has 0 fully saturated rings. The Labute approximate surface area is 151 Å². The minimum absolute atomic E-state index is 0.00354. The standard InChI is InChI=1S/C19H21N3O4/c1-11-20-16-9-22(8-15(16)19(24)21(11)2)18(23)13-6-12-7-14(25-3)4-5-17(12)26-10-13/h4-5,7,13H,6,8-10H2,1-3H3. The van der Waals surface area contributed by atoms with Crippen molar-refractivity contribution in [3.05, 3.63) is 51.2 Å². The fourth-order valence-electron chi connectivity index (χ4n) is 3.60. The van der Waals surface area contributed by atoms with E-state index >= 15 is 0 Å². The summed E-state index contributed by atoms with van der Waals surface area (Å²) in [6, 6.07) is 5.63. The first kappa shape index (κ1) is 16.6. The summed E-state index contributed by atoms with van der Waals surface area (Å²) in [4.78, 5) is 31.6. The molecule has 4 rings (SSSR count). The second-order valence-corrected chi connectivity index (χ2v) is 6.83. The molecule has 1 amide bonds. The number of benzene rings is 1. The van der Waals surface area contributed by atoms with E-state index in [9.17, 15) is 9.59 Å².